The van der Waals surface area contributed by atoms with Gasteiger partial charge >= 0.3 is 0 Å². The molecule has 120 valence electrons. The molecule has 4 heteroatoms. The van der Waals surface area contributed by atoms with E-state index in [9.17, 15) is 4.79 Å². The first kappa shape index (κ1) is 15.4. The standard InChI is InChI=1S/C19H20O4/c1-4-21-18-11-15-9-13(3)23-19(15)10-14(18)6-7-16(20)17-8-5-12(2)22-17/h5-8,10-11,13H,4,9H2,1-3H3. The zero-order valence-corrected chi connectivity index (χ0v) is 13.6. The van der Waals surface area contributed by atoms with Crippen molar-refractivity contribution < 1.29 is 18.7 Å². The molecule has 0 fully saturated rings. The molecular formula is C19H20O4. The Morgan fingerprint density at radius 3 is 2.91 bits per heavy atom. The molecule has 1 atom stereocenters. The maximum atomic E-state index is 12.1. The maximum Gasteiger partial charge on any atom is 0.221 e. The number of carbonyl (C=O) groups is 1. The summed E-state index contributed by atoms with van der Waals surface area (Å²) in [7, 11) is 0. The number of hydrogen-bond donors (Lipinski definition) is 0. The van der Waals surface area contributed by atoms with Crippen LogP contribution in [0.3, 0.4) is 0 Å². The quantitative estimate of drug-likeness (QED) is 0.613. The summed E-state index contributed by atoms with van der Waals surface area (Å²) in [6, 6.07) is 7.39. The van der Waals surface area contributed by atoms with Crippen molar-refractivity contribution in [2.45, 2.75) is 33.3 Å². The molecule has 0 amide bonds. The van der Waals surface area contributed by atoms with Crippen LogP contribution in [0, 0.1) is 6.92 Å². The molecule has 2 aromatic rings. The van der Waals surface area contributed by atoms with E-state index in [-0.39, 0.29) is 11.9 Å². The molecule has 1 unspecified atom stereocenters. The van der Waals surface area contributed by atoms with Crippen LogP contribution < -0.4 is 9.47 Å². The summed E-state index contributed by atoms with van der Waals surface area (Å²) in [4.78, 5) is 12.1. The van der Waals surface area contributed by atoms with E-state index in [1.807, 2.05) is 32.9 Å². The lowest BCUT2D eigenvalue weighted by molar-refractivity contribution is 0.102. The van der Waals surface area contributed by atoms with E-state index in [0.717, 1.165) is 34.8 Å². The van der Waals surface area contributed by atoms with Crippen molar-refractivity contribution in [3.8, 4) is 11.5 Å². The molecule has 0 saturated heterocycles. The van der Waals surface area contributed by atoms with E-state index < -0.39 is 0 Å². The van der Waals surface area contributed by atoms with Crippen LogP contribution in [-0.2, 0) is 6.42 Å². The molecule has 23 heavy (non-hydrogen) atoms. The second-order valence-corrected chi connectivity index (χ2v) is 5.67. The van der Waals surface area contributed by atoms with Crippen molar-refractivity contribution in [2.75, 3.05) is 6.61 Å². The average Bonchev–Trinajstić information content (AvgIpc) is 3.09. The van der Waals surface area contributed by atoms with Crippen LogP contribution in [0.25, 0.3) is 6.08 Å². The SMILES string of the molecule is CCOc1cc2c(cc1C=CC(=O)c1ccc(C)o1)OC(C)C2. The van der Waals surface area contributed by atoms with E-state index in [1.165, 1.54) is 6.08 Å². The number of ketones is 1. The Morgan fingerprint density at radius 2 is 2.22 bits per heavy atom. The van der Waals surface area contributed by atoms with E-state index >= 15 is 0 Å². The van der Waals surface area contributed by atoms with Crippen LogP contribution >= 0.6 is 0 Å². The lowest BCUT2D eigenvalue weighted by atomic mass is 10.1. The van der Waals surface area contributed by atoms with Gasteiger partial charge in [-0.25, -0.2) is 0 Å². The van der Waals surface area contributed by atoms with Gasteiger partial charge in [-0.2, -0.15) is 0 Å². The van der Waals surface area contributed by atoms with Gasteiger partial charge in [-0.05, 0) is 57.2 Å². The van der Waals surface area contributed by atoms with E-state index in [1.54, 1.807) is 18.2 Å². The van der Waals surface area contributed by atoms with Gasteiger partial charge in [-0.3, -0.25) is 4.79 Å². The van der Waals surface area contributed by atoms with Gasteiger partial charge < -0.3 is 13.9 Å². The minimum Gasteiger partial charge on any atom is -0.493 e. The van der Waals surface area contributed by atoms with Gasteiger partial charge in [0.05, 0.1) is 6.61 Å². The third kappa shape index (κ3) is 3.31. The number of ether oxygens (including phenoxy) is 2. The lowest BCUT2D eigenvalue weighted by Crippen LogP contribution is -2.05. The molecule has 1 aliphatic heterocycles. The third-order valence-corrected chi connectivity index (χ3v) is 3.73. The number of allylic oxidation sites excluding steroid dienone is 1. The highest BCUT2D eigenvalue weighted by Crippen LogP contribution is 2.35. The van der Waals surface area contributed by atoms with Crippen molar-refractivity contribution in [3.05, 3.63) is 53.0 Å². The first-order valence-corrected chi connectivity index (χ1v) is 7.82. The number of rotatable bonds is 5. The summed E-state index contributed by atoms with van der Waals surface area (Å²) in [5.74, 6) is 2.51. The fourth-order valence-corrected chi connectivity index (χ4v) is 2.68. The second-order valence-electron chi connectivity index (χ2n) is 5.67. The normalized spacial score (nSPS) is 16.4. The Kier molecular flexibility index (Phi) is 4.24. The molecule has 0 spiro atoms. The molecule has 2 heterocycles. The van der Waals surface area contributed by atoms with Crippen LogP contribution in [-0.4, -0.2) is 18.5 Å². The molecule has 0 saturated carbocycles. The fraction of sp³-hybridized carbons (Fsp3) is 0.316. The van der Waals surface area contributed by atoms with Crippen LogP contribution in [0.5, 0.6) is 11.5 Å². The summed E-state index contributed by atoms with van der Waals surface area (Å²) in [5.41, 5.74) is 1.97. The molecule has 0 radical (unpaired) electrons. The molecule has 1 aromatic heterocycles. The first-order chi connectivity index (χ1) is 11.1. The highest BCUT2D eigenvalue weighted by molar-refractivity contribution is 6.05. The van der Waals surface area contributed by atoms with Crippen molar-refractivity contribution in [1.29, 1.82) is 0 Å². The van der Waals surface area contributed by atoms with Crippen molar-refractivity contribution >= 4 is 11.9 Å². The molecule has 0 bridgehead atoms. The average molecular weight is 312 g/mol. The zero-order valence-electron chi connectivity index (χ0n) is 13.6. The van der Waals surface area contributed by atoms with Gasteiger partial charge in [0, 0.05) is 17.5 Å². The Labute approximate surface area is 135 Å². The van der Waals surface area contributed by atoms with E-state index in [0.29, 0.717) is 12.4 Å². The highest BCUT2D eigenvalue weighted by atomic mass is 16.5. The summed E-state index contributed by atoms with van der Waals surface area (Å²) in [6.45, 7) is 6.36. The predicted molar refractivity (Wildman–Crippen MR) is 88.2 cm³/mol. The molecule has 0 N–H and O–H groups in total. The Balaban J connectivity index is 1.88. The van der Waals surface area contributed by atoms with Crippen LogP contribution in [0.4, 0.5) is 0 Å². The summed E-state index contributed by atoms with van der Waals surface area (Å²) in [6.07, 6.45) is 4.30. The van der Waals surface area contributed by atoms with Crippen LogP contribution in [0.1, 0.15) is 41.3 Å². The Hall–Kier alpha value is -2.49. The van der Waals surface area contributed by atoms with Gasteiger partial charge in [0.15, 0.2) is 5.76 Å². The predicted octanol–water partition coefficient (Wildman–Crippen LogP) is 4.21. The number of benzene rings is 1. The van der Waals surface area contributed by atoms with Crippen molar-refractivity contribution in [2.24, 2.45) is 0 Å². The topological polar surface area (TPSA) is 48.7 Å². The molecule has 1 aromatic carbocycles. The molecule has 3 rings (SSSR count). The first-order valence-electron chi connectivity index (χ1n) is 7.82. The lowest BCUT2D eigenvalue weighted by Gasteiger charge is -2.09. The molecule has 1 aliphatic rings. The minimum absolute atomic E-state index is 0.171. The number of hydrogen-bond acceptors (Lipinski definition) is 4. The number of furan rings is 1. The number of fused-ring (bicyclic) bond motifs is 1. The molecule has 0 aliphatic carbocycles. The van der Waals surface area contributed by atoms with Gasteiger partial charge in [-0.15, -0.1) is 0 Å². The molecular weight excluding hydrogens is 292 g/mol. The number of aryl methyl sites for hydroxylation is 1. The van der Waals surface area contributed by atoms with Gasteiger partial charge in [0.2, 0.25) is 5.78 Å². The molecule has 4 nitrogen and oxygen atoms in total. The maximum absolute atomic E-state index is 12.1. The van der Waals surface area contributed by atoms with Gasteiger partial charge in [-0.1, -0.05) is 0 Å². The largest absolute Gasteiger partial charge is 0.493 e. The smallest absolute Gasteiger partial charge is 0.221 e. The fourth-order valence-electron chi connectivity index (χ4n) is 2.68. The monoisotopic (exact) mass is 312 g/mol. The van der Waals surface area contributed by atoms with Gasteiger partial charge in [0.25, 0.3) is 0 Å². The Morgan fingerprint density at radius 1 is 1.39 bits per heavy atom. The van der Waals surface area contributed by atoms with Crippen molar-refractivity contribution in [1.82, 2.24) is 0 Å². The van der Waals surface area contributed by atoms with E-state index in [4.69, 9.17) is 13.9 Å². The number of carbonyl (C=O) groups excluding carboxylic acids is 1. The third-order valence-electron chi connectivity index (χ3n) is 3.73. The minimum atomic E-state index is -0.171. The highest BCUT2D eigenvalue weighted by Gasteiger charge is 2.21. The summed E-state index contributed by atoms with van der Waals surface area (Å²) in [5, 5.41) is 0. The zero-order chi connectivity index (χ0) is 16.4. The Bertz CT molecular complexity index is 755. The van der Waals surface area contributed by atoms with Crippen LogP contribution in [0.15, 0.2) is 34.8 Å². The van der Waals surface area contributed by atoms with Crippen molar-refractivity contribution in [3.63, 3.8) is 0 Å². The summed E-state index contributed by atoms with van der Waals surface area (Å²) < 4.78 is 16.8. The summed E-state index contributed by atoms with van der Waals surface area (Å²) >= 11 is 0. The van der Waals surface area contributed by atoms with E-state index in [2.05, 4.69) is 0 Å². The van der Waals surface area contributed by atoms with Gasteiger partial charge in [0.1, 0.15) is 23.4 Å². The van der Waals surface area contributed by atoms with Crippen LogP contribution in [0.2, 0.25) is 0 Å². The second kappa shape index (κ2) is 6.32.